The Kier molecular flexibility index (Phi) is 2.91. The molecule has 2 N–H and O–H groups in total. The predicted octanol–water partition coefficient (Wildman–Crippen LogP) is 1.91. The smallest absolute Gasteiger partial charge is 0.322 e. The summed E-state index contributed by atoms with van der Waals surface area (Å²) in [6.45, 7) is 0. The van der Waals surface area contributed by atoms with Crippen LogP contribution < -0.4 is 5.73 Å². The SMILES string of the molecule is NC1CS(=O)(=O)c2c(C(F)(F)F)cccc2C1(F)F. The van der Waals surface area contributed by atoms with Gasteiger partial charge in [0, 0.05) is 5.56 Å². The highest BCUT2D eigenvalue weighted by molar-refractivity contribution is 7.91. The number of sulfone groups is 1. The standard InChI is InChI=1S/C10H8F5NO2S/c11-9(12)5-2-1-3-6(10(13,14)15)8(5)19(17,18)4-7(9)16/h1-3,7H,4,16H2. The molecule has 0 radical (unpaired) electrons. The van der Waals surface area contributed by atoms with E-state index in [0.717, 1.165) is 6.07 Å². The summed E-state index contributed by atoms with van der Waals surface area (Å²) in [7, 11) is -4.50. The number of hydrogen-bond acceptors (Lipinski definition) is 3. The Morgan fingerprint density at radius 3 is 2.37 bits per heavy atom. The van der Waals surface area contributed by atoms with Crippen LogP contribution in [-0.4, -0.2) is 20.2 Å². The average molecular weight is 301 g/mol. The number of fused-ring (bicyclic) bond motifs is 1. The van der Waals surface area contributed by atoms with Gasteiger partial charge in [0.1, 0.15) is 0 Å². The van der Waals surface area contributed by atoms with Crippen molar-refractivity contribution in [3.05, 3.63) is 29.3 Å². The van der Waals surface area contributed by atoms with Gasteiger partial charge >= 0.3 is 6.18 Å². The van der Waals surface area contributed by atoms with E-state index in [1.165, 1.54) is 0 Å². The van der Waals surface area contributed by atoms with Gasteiger partial charge < -0.3 is 5.73 Å². The Morgan fingerprint density at radius 1 is 1.26 bits per heavy atom. The molecule has 0 saturated heterocycles. The van der Waals surface area contributed by atoms with Crippen molar-refractivity contribution in [3.63, 3.8) is 0 Å². The summed E-state index contributed by atoms with van der Waals surface area (Å²) in [5.74, 6) is -5.04. The van der Waals surface area contributed by atoms with Crippen molar-refractivity contribution >= 4 is 9.84 Å². The fourth-order valence-electron chi connectivity index (χ4n) is 1.98. The third-order valence-corrected chi connectivity index (χ3v) is 4.71. The second-order valence-electron chi connectivity index (χ2n) is 4.19. The first-order valence-corrected chi connectivity index (χ1v) is 6.70. The van der Waals surface area contributed by atoms with Crippen LogP contribution in [0.25, 0.3) is 0 Å². The van der Waals surface area contributed by atoms with E-state index in [1.807, 2.05) is 0 Å². The van der Waals surface area contributed by atoms with E-state index in [-0.39, 0.29) is 0 Å². The molecule has 2 rings (SSSR count). The zero-order valence-corrected chi connectivity index (χ0v) is 10.0. The topological polar surface area (TPSA) is 60.2 Å². The molecule has 106 valence electrons. The molecule has 0 aliphatic carbocycles. The van der Waals surface area contributed by atoms with Crippen LogP contribution in [0.4, 0.5) is 22.0 Å². The number of hydrogen-bond donors (Lipinski definition) is 1. The van der Waals surface area contributed by atoms with E-state index in [9.17, 15) is 30.4 Å². The molecule has 1 aliphatic rings. The second kappa shape index (κ2) is 3.89. The van der Waals surface area contributed by atoms with Crippen LogP contribution in [0.3, 0.4) is 0 Å². The maximum Gasteiger partial charge on any atom is 0.417 e. The molecule has 0 spiro atoms. The van der Waals surface area contributed by atoms with Crippen molar-refractivity contribution < 1.29 is 30.4 Å². The predicted molar refractivity (Wildman–Crippen MR) is 55.4 cm³/mol. The van der Waals surface area contributed by atoms with Gasteiger partial charge in [-0.05, 0) is 6.07 Å². The number of rotatable bonds is 0. The average Bonchev–Trinajstić information content (AvgIpc) is 2.24. The molecule has 1 unspecified atom stereocenters. The van der Waals surface area contributed by atoms with E-state index in [1.54, 1.807) is 0 Å². The summed E-state index contributed by atoms with van der Waals surface area (Å²) in [6.07, 6.45) is -5.03. The van der Waals surface area contributed by atoms with Gasteiger partial charge in [0.25, 0.3) is 5.92 Å². The molecule has 0 bridgehead atoms. The van der Waals surface area contributed by atoms with Gasteiger partial charge in [-0.3, -0.25) is 0 Å². The minimum atomic E-state index is -5.03. The molecule has 1 heterocycles. The van der Waals surface area contributed by atoms with Crippen molar-refractivity contribution in [2.24, 2.45) is 5.73 Å². The largest absolute Gasteiger partial charge is 0.417 e. The summed E-state index contributed by atoms with van der Waals surface area (Å²) >= 11 is 0. The molecule has 3 nitrogen and oxygen atoms in total. The van der Waals surface area contributed by atoms with Crippen molar-refractivity contribution in [3.8, 4) is 0 Å². The Morgan fingerprint density at radius 2 is 1.84 bits per heavy atom. The van der Waals surface area contributed by atoms with Crippen LogP contribution in [0.2, 0.25) is 0 Å². The molecule has 1 aromatic carbocycles. The summed E-state index contributed by atoms with van der Waals surface area (Å²) in [4.78, 5) is -1.37. The minimum Gasteiger partial charge on any atom is -0.322 e. The summed E-state index contributed by atoms with van der Waals surface area (Å²) in [6, 6.07) is -0.207. The Balaban J connectivity index is 2.87. The number of nitrogens with two attached hydrogens (primary N) is 1. The lowest BCUT2D eigenvalue weighted by Gasteiger charge is -2.31. The van der Waals surface area contributed by atoms with Crippen LogP contribution in [0.1, 0.15) is 11.1 Å². The first kappa shape index (κ1) is 14.2. The third-order valence-electron chi connectivity index (χ3n) is 2.86. The zero-order chi connectivity index (χ0) is 14.6. The normalized spacial score (nSPS) is 24.8. The van der Waals surface area contributed by atoms with Crippen molar-refractivity contribution in [2.45, 2.75) is 23.0 Å². The fourth-order valence-corrected chi connectivity index (χ4v) is 3.89. The van der Waals surface area contributed by atoms with Gasteiger partial charge in [0.2, 0.25) is 0 Å². The van der Waals surface area contributed by atoms with Crippen LogP contribution >= 0.6 is 0 Å². The molecular formula is C10H8F5NO2S. The summed E-state index contributed by atoms with van der Waals surface area (Å²) in [5.41, 5.74) is 2.27. The lowest BCUT2D eigenvalue weighted by atomic mass is 9.99. The minimum absolute atomic E-state index is 0.462. The van der Waals surface area contributed by atoms with E-state index in [4.69, 9.17) is 5.73 Å². The van der Waals surface area contributed by atoms with E-state index in [2.05, 4.69) is 0 Å². The zero-order valence-electron chi connectivity index (χ0n) is 9.21. The molecule has 9 heteroatoms. The molecular weight excluding hydrogens is 293 g/mol. The molecule has 0 saturated carbocycles. The number of benzene rings is 1. The first-order chi connectivity index (χ1) is 8.48. The van der Waals surface area contributed by atoms with Crippen molar-refractivity contribution in [2.75, 3.05) is 5.75 Å². The Labute approximate surface area is 105 Å². The summed E-state index contributed by atoms with van der Waals surface area (Å²) < 4.78 is 89.1. The van der Waals surface area contributed by atoms with E-state index < -0.39 is 49.8 Å². The maximum absolute atomic E-state index is 13.7. The van der Waals surface area contributed by atoms with Gasteiger partial charge in [0.05, 0.1) is 22.3 Å². The van der Waals surface area contributed by atoms with Crippen molar-refractivity contribution in [1.82, 2.24) is 0 Å². The third kappa shape index (κ3) is 2.10. The van der Waals surface area contributed by atoms with Gasteiger partial charge in [-0.25, -0.2) is 8.42 Å². The van der Waals surface area contributed by atoms with Crippen LogP contribution in [0, 0.1) is 0 Å². The highest BCUT2D eigenvalue weighted by Crippen LogP contribution is 2.45. The van der Waals surface area contributed by atoms with Gasteiger partial charge in [0.15, 0.2) is 9.84 Å². The van der Waals surface area contributed by atoms with E-state index in [0.29, 0.717) is 12.1 Å². The lowest BCUT2D eigenvalue weighted by Crippen LogP contribution is -2.48. The molecule has 19 heavy (non-hydrogen) atoms. The van der Waals surface area contributed by atoms with Crippen molar-refractivity contribution in [1.29, 1.82) is 0 Å². The highest BCUT2D eigenvalue weighted by Gasteiger charge is 2.52. The maximum atomic E-state index is 13.7. The quantitative estimate of drug-likeness (QED) is 0.745. The number of halogens is 5. The first-order valence-electron chi connectivity index (χ1n) is 5.05. The Hall–Kier alpha value is -1.22. The molecule has 1 atom stereocenters. The Bertz CT molecular complexity index is 623. The van der Waals surface area contributed by atoms with Crippen LogP contribution in [0.15, 0.2) is 23.1 Å². The van der Waals surface area contributed by atoms with Gasteiger partial charge in [-0.15, -0.1) is 0 Å². The monoisotopic (exact) mass is 301 g/mol. The molecule has 0 fully saturated rings. The van der Waals surface area contributed by atoms with Crippen LogP contribution in [-0.2, 0) is 21.9 Å². The molecule has 1 aliphatic heterocycles. The van der Waals surface area contributed by atoms with Gasteiger partial charge in [-0.1, -0.05) is 12.1 Å². The second-order valence-corrected chi connectivity index (χ2v) is 6.16. The number of alkyl halides is 5. The van der Waals surface area contributed by atoms with E-state index >= 15 is 0 Å². The van der Waals surface area contributed by atoms with Gasteiger partial charge in [-0.2, -0.15) is 22.0 Å². The fraction of sp³-hybridized carbons (Fsp3) is 0.400. The molecule has 0 amide bonds. The molecule has 0 aromatic heterocycles. The molecule has 1 aromatic rings. The summed E-state index contributed by atoms with van der Waals surface area (Å²) in [5, 5.41) is 0. The highest BCUT2D eigenvalue weighted by atomic mass is 32.2. The lowest BCUT2D eigenvalue weighted by molar-refractivity contribution is -0.140. The van der Waals surface area contributed by atoms with Crippen LogP contribution in [0.5, 0.6) is 0 Å².